The third kappa shape index (κ3) is 6.23. The molecule has 0 N–H and O–H groups in total. The third-order valence-electron chi connectivity index (χ3n) is 4.89. The Bertz CT molecular complexity index is 962. The molecule has 1 unspecified atom stereocenters. The molecule has 3 aromatic rings. The van der Waals surface area contributed by atoms with Crippen molar-refractivity contribution in [2.75, 3.05) is 5.75 Å². The number of aryl methyl sites for hydroxylation is 3. The summed E-state index contributed by atoms with van der Waals surface area (Å²) < 4.78 is 18.2. The van der Waals surface area contributed by atoms with Crippen LogP contribution in [0, 0.1) is 6.92 Å². The van der Waals surface area contributed by atoms with Crippen LogP contribution in [0.3, 0.4) is 0 Å². The largest absolute Gasteiger partial charge is 0.441 e. The van der Waals surface area contributed by atoms with E-state index in [-0.39, 0.29) is 17.3 Å². The van der Waals surface area contributed by atoms with Gasteiger partial charge in [0.2, 0.25) is 5.89 Å². The summed E-state index contributed by atoms with van der Waals surface area (Å²) in [5, 5.41) is 0. The highest BCUT2D eigenvalue weighted by atomic mass is 32.2. The van der Waals surface area contributed by atoms with E-state index < -0.39 is 10.8 Å². The Morgan fingerprint density at radius 2 is 1.76 bits per heavy atom. The molecule has 0 aliphatic rings. The van der Waals surface area contributed by atoms with E-state index in [1.54, 1.807) is 0 Å². The zero-order chi connectivity index (χ0) is 20.6. The average molecular weight is 410 g/mol. The van der Waals surface area contributed by atoms with Crippen molar-refractivity contribution in [3.63, 3.8) is 0 Å². The molecule has 2 aromatic carbocycles. The lowest BCUT2D eigenvalue weighted by molar-refractivity contribution is -0.116. The van der Waals surface area contributed by atoms with E-state index in [9.17, 15) is 9.00 Å². The second kappa shape index (κ2) is 10.3. The molecule has 0 saturated carbocycles. The van der Waals surface area contributed by atoms with Crippen LogP contribution in [0.25, 0.3) is 11.5 Å². The fourth-order valence-electron chi connectivity index (χ4n) is 3.16. The van der Waals surface area contributed by atoms with Crippen molar-refractivity contribution in [3.8, 4) is 11.5 Å². The van der Waals surface area contributed by atoms with Crippen molar-refractivity contribution in [2.45, 2.75) is 45.3 Å². The summed E-state index contributed by atoms with van der Waals surface area (Å²) in [6, 6.07) is 18.2. The van der Waals surface area contributed by atoms with Gasteiger partial charge in [0.15, 0.2) is 0 Å². The first kappa shape index (κ1) is 21.2. The topological polar surface area (TPSA) is 60.2 Å². The highest BCUT2D eigenvalue weighted by Gasteiger charge is 2.16. The van der Waals surface area contributed by atoms with Crippen LogP contribution in [-0.4, -0.2) is 20.7 Å². The van der Waals surface area contributed by atoms with E-state index >= 15 is 0 Å². The first-order valence-electron chi connectivity index (χ1n) is 10.0. The van der Waals surface area contributed by atoms with Crippen LogP contribution in [0.5, 0.6) is 0 Å². The van der Waals surface area contributed by atoms with Gasteiger partial charge in [-0.15, -0.1) is 0 Å². The molecule has 4 nitrogen and oxygen atoms in total. The van der Waals surface area contributed by atoms with Crippen LogP contribution in [0.4, 0.5) is 0 Å². The van der Waals surface area contributed by atoms with Crippen LogP contribution in [0.2, 0.25) is 0 Å². The molecular formula is C24H27NO3S. The fraction of sp³-hybridized carbons (Fsp3) is 0.333. The zero-order valence-electron chi connectivity index (χ0n) is 17.0. The SMILES string of the molecule is CCc1ccc(-c2nc(CS(=O)CC(=O)CCCc3ccccc3)c(C)o2)cc1. The molecule has 1 heterocycles. The molecule has 152 valence electrons. The van der Waals surface area contributed by atoms with E-state index in [0.29, 0.717) is 23.8 Å². The molecule has 1 aromatic heterocycles. The van der Waals surface area contributed by atoms with Crippen LogP contribution in [0.15, 0.2) is 59.0 Å². The van der Waals surface area contributed by atoms with Gasteiger partial charge >= 0.3 is 0 Å². The molecule has 0 aliphatic carbocycles. The smallest absolute Gasteiger partial charge is 0.226 e. The average Bonchev–Trinajstić information content (AvgIpc) is 3.09. The number of aromatic nitrogens is 1. The molecular weight excluding hydrogens is 382 g/mol. The van der Waals surface area contributed by atoms with Crippen molar-refractivity contribution in [2.24, 2.45) is 0 Å². The molecule has 0 aliphatic heterocycles. The van der Waals surface area contributed by atoms with Crippen molar-refractivity contribution in [1.82, 2.24) is 4.98 Å². The first-order chi connectivity index (χ1) is 14.0. The van der Waals surface area contributed by atoms with E-state index in [1.165, 1.54) is 11.1 Å². The minimum Gasteiger partial charge on any atom is -0.441 e. The molecule has 3 rings (SSSR count). The second-order valence-electron chi connectivity index (χ2n) is 7.18. The molecule has 5 heteroatoms. The number of nitrogens with zero attached hydrogens (tertiary/aromatic N) is 1. The number of Topliss-reactive ketones (excluding diaryl/α,β-unsaturated/α-hetero) is 1. The van der Waals surface area contributed by atoms with Gasteiger partial charge in [-0.25, -0.2) is 4.98 Å². The van der Waals surface area contributed by atoms with Crippen molar-refractivity contribution in [1.29, 1.82) is 0 Å². The van der Waals surface area contributed by atoms with Gasteiger partial charge in [-0.05, 0) is 49.4 Å². The molecule has 0 saturated heterocycles. The molecule has 1 atom stereocenters. The zero-order valence-corrected chi connectivity index (χ0v) is 17.8. The number of carbonyl (C=O) groups excluding carboxylic acids is 1. The van der Waals surface area contributed by atoms with Gasteiger partial charge in [0.1, 0.15) is 11.5 Å². The monoisotopic (exact) mass is 409 g/mol. The number of hydrogen-bond donors (Lipinski definition) is 0. The quantitative estimate of drug-likeness (QED) is 0.470. The van der Waals surface area contributed by atoms with Gasteiger partial charge in [-0.1, -0.05) is 49.4 Å². The second-order valence-corrected chi connectivity index (χ2v) is 8.64. The fourth-order valence-corrected chi connectivity index (χ4v) is 4.34. The van der Waals surface area contributed by atoms with Crippen molar-refractivity contribution < 1.29 is 13.4 Å². The van der Waals surface area contributed by atoms with Crippen LogP contribution < -0.4 is 0 Å². The molecule has 0 bridgehead atoms. The lowest BCUT2D eigenvalue weighted by Gasteiger charge is -2.02. The maximum absolute atomic E-state index is 12.4. The minimum absolute atomic E-state index is 0.0378. The van der Waals surface area contributed by atoms with Gasteiger partial charge in [0.05, 0.1) is 17.2 Å². The summed E-state index contributed by atoms with van der Waals surface area (Å²) in [5.74, 6) is 1.54. The van der Waals surface area contributed by atoms with E-state index in [2.05, 4.69) is 36.2 Å². The summed E-state index contributed by atoms with van der Waals surface area (Å²) in [6.45, 7) is 3.94. The number of rotatable bonds is 10. The minimum atomic E-state index is -1.28. The Balaban J connectivity index is 1.50. The van der Waals surface area contributed by atoms with Gasteiger partial charge in [-0.3, -0.25) is 9.00 Å². The Kier molecular flexibility index (Phi) is 7.53. The third-order valence-corrected chi connectivity index (χ3v) is 6.12. The Morgan fingerprint density at radius 1 is 1.03 bits per heavy atom. The van der Waals surface area contributed by atoms with Gasteiger partial charge in [0, 0.05) is 22.8 Å². The molecule has 0 radical (unpaired) electrons. The summed E-state index contributed by atoms with van der Waals surface area (Å²) >= 11 is 0. The predicted molar refractivity (Wildman–Crippen MR) is 117 cm³/mol. The number of ketones is 1. The molecule has 0 spiro atoms. The number of benzene rings is 2. The maximum atomic E-state index is 12.4. The first-order valence-corrected chi connectivity index (χ1v) is 11.5. The van der Waals surface area contributed by atoms with Gasteiger partial charge in [-0.2, -0.15) is 0 Å². The predicted octanol–water partition coefficient (Wildman–Crippen LogP) is 5.05. The van der Waals surface area contributed by atoms with Crippen molar-refractivity contribution in [3.05, 3.63) is 77.2 Å². The van der Waals surface area contributed by atoms with Crippen LogP contribution in [-0.2, 0) is 34.2 Å². The summed E-state index contributed by atoms with van der Waals surface area (Å²) in [4.78, 5) is 16.7. The number of carbonyl (C=O) groups is 1. The summed E-state index contributed by atoms with van der Waals surface area (Å²) in [7, 11) is -1.28. The summed E-state index contributed by atoms with van der Waals surface area (Å²) in [6.07, 6.45) is 3.07. The standard InChI is InChI=1S/C24H27NO3S/c1-3-19-12-14-21(15-13-19)24-25-23(18(2)28-24)17-29(27)16-22(26)11-7-10-20-8-5-4-6-9-20/h4-6,8-9,12-15H,3,7,10-11,16-17H2,1-2H3. The van der Waals surface area contributed by atoms with E-state index in [0.717, 1.165) is 24.8 Å². The Hall–Kier alpha value is -2.53. The number of oxazole rings is 1. The van der Waals surface area contributed by atoms with Crippen molar-refractivity contribution >= 4 is 16.6 Å². The Morgan fingerprint density at radius 3 is 2.45 bits per heavy atom. The number of hydrogen-bond acceptors (Lipinski definition) is 4. The molecule has 0 amide bonds. The van der Waals surface area contributed by atoms with Crippen LogP contribution in [0.1, 0.15) is 42.3 Å². The highest BCUT2D eigenvalue weighted by molar-refractivity contribution is 7.84. The van der Waals surface area contributed by atoms with E-state index in [1.807, 2.05) is 37.3 Å². The lowest BCUT2D eigenvalue weighted by Crippen LogP contribution is -2.12. The van der Waals surface area contributed by atoms with Gasteiger partial charge in [0.25, 0.3) is 0 Å². The Labute approximate surface area is 174 Å². The maximum Gasteiger partial charge on any atom is 0.226 e. The normalized spacial score (nSPS) is 12.1. The van der Waals surface area contributed by atoms with Gasteiger partial charge < -0.3 is 4.42 Å². The molecule has 29 heavy (non-hydrogen) atoms. The molecule has 0 fully saturated rings. The summed E-state index contributed by atoms with van der Waals surface area (Å²) in [5.41, 5.74) is 4.04. The van der Waals surface area contributed by atoms with E-state index in [4.69, 9.17) is 4.42 Å². The highest BCUT2D eigenvalue weighted by Crippen LogP contribution is 2.23. The lowest BCUT2D eigenvalue weighted by atomic mass is 10.1. The van der Waals surface area contributed by atoms with Crippen LogP contribution >= 0.6 is 0 Å².